The standard InChI is InChI=1S/C15H18ClFN4S/c1-10(2)8-18-15(22)19-14-6-7-21(20-14)9-11-12(16)4-3-5-13(11)17/h3-7,10H,8-9H2,1-2H3,(H2,18,19,20,22). The molecule has 1 aromatic carbocycles. The van der Waals surface area contributed by atoms with Crippen molar-refractivity contribution in [2.75, 3.05) is 11.9 Å². The van der Waals surface area contributed by atoms with E-state index >= 15 is 0 Å². The molecule has 0 unspecified atom stereocenters. The summed E-state index contributed by atoms with van der Waals surface area (Å²) in [7, 11) is 0. The Bertz CT molecular complexity index is 636. The zero-order valence-electron chi connectivity index (χ0n) is 12.4. The molecule has 2 N–H and O–H groups in total. The van der Waals surface area contributed by atoms with Gasteiger partial charge in [-0.3, -0.25) is 4.68 Å². The fourth-order valence-electron chi connectivity index (χ4n) is 1.82. The third kappa shape index (κ3) is 4.68. The molecule has 2 aromatic rings. The van der Waals surface area contributed by atoms with Gasteiger partial charge in [-0.15, -0.1) is 0 Å². The van der Waals surface area contributed by atoms with Crippen LogP contribution >= 0.6 is 23.8 Å². The second-order valence-corrected chi connectivity index (χ2v) is 6.14. The van der Waals surface area contributed by atoms with Crippen LogP contribution in [0.4, 0.5) is 10.2 Å². The minimum Gasteiger partial charge on any atom is -0.362 e. The molecular weight excluding hydrogens is 323 g/mol. The van der Waals surface area contributed by atoms with Crippen molar-refractivity contribution < 1.29 is 4.39 Å². The normalized spacial score (nSPS) is 10.8. The molecule has 0 aliphatic heterocycles. The lowest BCUT2D eigenvalue weighted by Crippen LogP contribution is -2.31. The number of halogens is 2. The monoisotopic (exact) mass is 340 g/mol. The van der Waals surface area contributed by atoms with E-state index in [1.165, 1.54) is 6.07 Å². The van der Waals surface area contributed by atoms with Gasteiger partial charge in [0.05, 0.1) is 6.54 Å². The molecule has 0 bridgehead atoms. The highest BCUT2D eigenvalue weighted by molar-refractivity contribution is 7.80. The van der Waals surface area contributed by atoms with Crippen molar-refractivity contribution in [3.05, 3.63) is 46.9 Å². The molecule has 0 fully saturated rings. The molecule has 1 heterocycles. The lowest BCUT2D eigenvalue weighted by molar-refractivity contribution is 0.586. The van der Waals surface area contributed by atoms with Gasteiger partial charge in [-0.05, 0) is 30.3 Å². The minimum absolute atomic E-state index is 0.263. The van der Waals surface area contributed by atoms with Crippen LogP contribution in [0.15, 0.2) is 30.5 Å². The molecule has 0 amide bonds. The second-order valence-electron chi connectivity index (χ2n) is 5.33. The number of nitrogens with one attached hydrogen (secondary N) is 2. The maximum absolute atomic E-state index is 13.8. The maximum atomic E-state index is 13.8. The van der Waals surface area contributed by atoms with Gasteiger partial charge in [0.1, 0.15) is 5.82 Å². The van der Waals surface area contributed by atoms with Crippen LogP contribution in [0.2, 0.25) is 5.02 Å². The van der Waals surface area contributed by atoms with E-state index in [4.69, 9.17) is 23.8 Å². The molecule has 2 rings (SSSR count). The number of thiocarbonyl (C=S) groups is 1. The van der Waals surface area contributed by atoms with Crippen molar-refractivity contribution in [3.8, 4) is 0 Å². The number of rotatable bonds is 5. The Morgan fingerprint density at radius 3 is 2.86 bits per heavy atom. The van der Waals surface area contributed by atoms with E-state index in [1.54, 1.807) is 29.1 Å². The van der Waals surface area contributed by atoms with Gasteiger partial charge < -0.3 is 10.6 Å². The van der Waals surface area contributed by atoms with Crippen molar-refractivity contribution in [2.45, 2.75) is 20.4 Å². The molecule has 0 saturated carbocycles. The van der Waals surface area contributed by atoms with Crippen LogP contribution in [0.5, 0.6) is 0 Å². The van der Waals surface area contributed by atoms with Crippen molar-refractivity contribution >= 4 is 34.7 Å². The van der Waals surface area contributed by atoms with Gasteiger partial charge >= 0.3 is 0 Å². The summed E-state index contributed by atoms with van der Waals surface area (Å²) in [6.07, 6.45) is 1.75. The number of anilines is 1. The lowest BCUT2D eigenvalue weighted by atomic mass is 10.2. The van der Waals surface area contributed by atoms with E-state index in [-0.39, 0.29) is 12.4 Å². The smallest absolute Gasteiger partial charge is 0.171 e. The highest BCUT2D eigenvalue weighted by atomic mass is 35.5. The highest BCUT2D eigenvalue weighted by Gasteiger charge is 2.09. The summed E-state index contributed by atoms with van der Waals surface area (Å²) in [4.78, 5) is 0. The third-order valence-corrected chi connectivity index (χ3v) is 3.54. The van der Waals surface area contributed by atoms with Crippen LogP contribution in [0.3, 0.4) is 0 Å². The first-order chi connectivity index (χ1) is 10.5. The van der Waals surface area contributed by atoms with Gasteiger partial charge in [-0.25, -0.2) is 4.39 Å². The van der Waals surface area contributed by atoms with Gasteiger partial charge in [-0.2, -0.15) is 5.10 Å². The van der Waals surface area contributed by atoms with Crippen molar-refractivity contribution in [3.63, 3.8) is 0 Å². The Balaban J connectivity index is 1.98. The largest absolute Gasteiger partial charge is 0.362 e. The molecule has 0 radical (unpaired) electrons. The molecule has 118 valence electrons. The summed E-state index contributed by atoms with van der Waals surface area (Å²) in [5.41, 5.74) is 0.416. The average molecular weight is 341 g/mol. The third-order valence-electron chi connectivity index (χ3n) is 2.93. The quantitative estimate of drug-likeness (QED) is 0.815. The zero-order chi connectivity index (χ0) is 16.1. The van der Waals surface area contributed by atoms with E-state index in [2.05, 4.69) is 29.6 Å². The molecule has 4 nitrogen and oxygen atoms in total. The second kappa shape index (κ2) is 7.56. The molecule has 22 heavy (non-hydrogen) atoms. The molecular formula is C15H18ClFN4S. The average Bonchev–Trinajstić information content (AvgIpc) is 2.88. The summed E-state index contributed by atoms with van der Waals surface area (Å²) < 4.78 is 15.4. The predicted octanol–water partition coefficient (Wildman–Crippen LogP) is 3.67. The predicted molar refractivity (Wildman–Crippen MR) is 91.8 cm³/mol. The summed E-state index contributed by atoms with van der Waals surface area (Å²) in [6.45, 7) is 5.25. The number of aromatic nitrogens is 2. The number of hydrogen-bond acceptors (Lipinski definition) is 2. The van der Waals surface area contributed by atoms with E-state index < -0.39 is 0 Å². The minimum atomic E-state index is -0.341. The van der Waals surface area contributed by atoms with Crippen molar-refractivity contribution in [1.29, 1.82) is 0 Å². The summed E-state index contributed by atoms with van der Waals surface area (Å²) in [5, 5.41) is 11.3. The van der Waals surface area contributed by atoms with Crippen LogP contribution in [-0.4, -0.2) is 21.4 Å². The SMILES string of the molecule is CC(C)CNC(=S)Nc1ccn(Cc2c(F)cccc2Cl)n1. The van der Waals surface area contributed by atoms with Gasteiger partial charge in [-0.1, -0.05) is 31.5 Å². The number of nitrogens with zero attached hydrogens (tertiary/aromatic N) is 2. The van der Waals surface area contributed by atoms with Crippen LogP contribution in [0.25, 0.3) is 0 Å². The first-order valence-corrected chi connectivity index (χ1v) is 7.75. The Morgan fingerprint density at radius 1 is 1.41 bits per heavy atom. The van der Waals surface area contributed by atoms with Crippen molar-refractivity contribution in [2.24, 2.45) is 5.92 Å². The van der Waals surface area contributed by atoms with Gasteiger partial charge in [0.25, 0.3) is 0 Å². The van der Waals surface area contributed by atoms with Gasteiger partial charge in [0.2, 0.25) is 0 Å². The topological polar surface area (TPSA) is 41.9 Å². The summed E-state index contributed by atoms with van der Waals surface area (Å²) in [5.74, 6) is 0.765. The van der Waals surface area contributed by atoms with E-state index in [1.807, 2.05) is 0 Å². The number of benzene rings is 1. The fraction of sp³-hybridized carbons (Fsp3) is 0.333. The molecule has 0 aliphatic rings. The van der Waals surface area contributed by atoms with Crippen LogP contribution < -0.4 is 10.6 Å². The first kappa shape index (κ1) is 16.7. The van der Waals surface area contributed by atoms with Crippen LogP contribution in [0.1, 0.15) is 19.4 Å². The zero-order valence-corrected chi connectivity index (χ0v) is 14.0. The maximum Gasteiger partial charge on any atom is 0.171 e. The van der Waals surface area contributed by atoms with E-state index in [0.29, 0.717) is 27.4 Å². The Hall–Kier alpha value is -1.66. The first-order valence-electron chi connectivity index (χ1n) is 6.97. The molecule has 1 aromatic heterocycles. The Kier molecular flexibility index (Phi) is 5.74. The Labute approximate surface area is 139 Å². The summed E-state index contributed by atoms with van der Waals surface area (Å²) >= 11 is 11.2. The van der Waals surface area contributed by atoms with E-state index in [0.717, 1.165) is 6.54 Å². The fourth-order valence-corrected chi connectivity index (χ4v) is 2.23. The van der Waals surface area contributed by atoms with Crippen LogP contribution in [-0.2, 0) is 6.54 Å². The lowest BCUT2D eigenvalue weighted by Gasteiger charge is -2.10. The molecule has 0 spiro atoms. The van der Waals surface area contributed by atoms with Crippen molar-refractivity contribution in [1.82, 2.24) is 15.1 Å². The van der Waals surface area contributed by atoms with E-state index in [9.17, 15) is 4.39 Å². The highest BCUT2D eigenvalue weighted by Crippen LogP contribution is 2.20. The van der Waals surface area contributed by atoms with Gasteiger partial charge in [0, 0.05) is 29.4 Å². The molecule has 7 heteroatoms. The number of hydrogen-bond donors (Lipinski definition) is 2. The Morgan fingerprint density at radius 2 is 2.18 bits per heavy atom. The van der Waals surface area contributed by atoms with Crippen LogP contribution in [0, 0.1) is 11.7 Å². The summed E-state index contributed by atoms with van der Waals surface area (Å²) in [6, 6.07) is 6.40. The molecule has 0 saturated heterocycles. The molecule has 0 aliphatic carbocycles. The van der Waals surface area contributed by atoms with Gasteiger partial charge in [0.15, 0.2) is 10.9 Å². The molecule has 0 atom stereocenters.